The van der Waals surface area contributed by atoms with Crippen LogP contribution in [0.1, 0.15) is 27.4 Å². The van der Waals surface area contributed by atoms with Crippen molar-refractivity contribution in [1.29, 1.82) is 0 Å². The van der Waals surface area contributed by atoms with Crippen LogP contribution in [0.25, 0.3) is 0 Å². The maximum atomic E-state index is 11.7. The van der Waals surface area contributed by atoms with E-state index in [2.05, 4.69) is 0 Å². The van der Waals surface area contributed by atoms with Crippen LogP contribution in [-0.2, 0) is 11.2 Å². The van der Waals surface area contributed by atoms with Crippen molar-refractivity contribution in [3.63, 3.8) is 0 Å². The summed E-state index contributed by atoms with van der Waals surface area (Å²) in [6, 6.07) is 11.3. The van der Waals surface area contributed by atoms with Gasteiger partial charge in [-0.3, -0.25) is 4.79 Å². The van der Waals surface area contributed by atoms with Crippen molar-refractivity contribution in [3.8, 4) is 11.5 Å². The molecule has 24 heavy (non-hydrogen) atoms. The quantitative estimate of drug-likeness (QED) is 0.811. The molecular weight excluding hydrogens is 312 g/mol. The van der Waals surface area contributed by atoms with E-state index in [0.29, 0.717) is 17.1 Å². The highest BCUT2D eigenvalue weighted by atomic mass is 16.5. The van der Waals surface area contributed by atoms with E-state index in [0.717, 1.165) is 0 Å². The second-order valence-corrected chi connectivity index (χ2v) is 5.18. The minimum absolute atomic E-state index is 0.00891. The van der Waals surface area contributed by atoms with Crippen molar-refractivity contribution >= 4 is 11.9 Å². The SMILES string of the molecule is COc1ccc(CC(C(=O)O)c2ccccc2C(=O)O)cc1OC. The Bertz CT molecular complexity index is 753. The molecule has 0 heterocycles. The van der Waals surface area contributed by atoms with Crippen LogP contribution in [0.3, 0.4) is 0 Å². The average Bonchev–Trinajstić information content (AvgIpc) is 2.59. The Labute approximate surface area is 139 Å². The molecule has 2 rings (SSSR count). The minimum Gasteiger partial charge on any atom is -0.493 e. The molecule has 0 aliphatic rings. The van der Waals surface area contributed by atoms with Gasteiger partial charge in [0.05, 0.1) is 25.7 Å². The zero-order chi connectivity index (χ0) is 17.7. The number of aliphatic carboxylic acids is 1. The van der Waals surface area contributed by atoms with E-state index in [1.54, 1.807) is 30.3 Å². The van der Waals surface area contributed by atoms with Gasteiger partial charge in [-0.1, -0.05) is 24.3 Å². The van der Waals surface area contributed by atoms with Gasteiger partial charge < -0.3 is 19.7 Å². The molecule has 0 amide bonds. The molecule has 0 fully saturated rings. The van der Waals surface area contributed by atoms with Gasteiger partial charge in [-0.2, -0.15) is 0 Å². The standard InChI is InChI=1S/C18H18O6/c1-23-15-8-7-11(10-16(15)24-2)9-14(18(21)22)12-5-3-4-6-13(12)17(19)20/h3-8,10,14H,9H2,1-2H3,(H,19,20)(H,21,22). The summed E-state index contributed by atoms with van der Waals surface area (Å²) in [6.07, 6.45) is 0.139. The lowest BCUT2D eigenvalue weighted by Gasteiger charge is -2.16. The first-order valence-electron chi connectivity index (χ1n) is 7.23. The molecule has 0 radical (unpaired) electrons. The smallest absolute Gasteiger partial charge is 0.335 e. The zero-order valence-electron chi connectivity index (χ0n) is 13.4. The molecule has 0 bridgehead atoms. The topological polar surface area (TPSA) is 93.1 Å². The van der Waals surface area contributed by atoms with Crippen LogP contribution in [-0.4, -0.2) is 36.4 Å². The van der Waals surface area contributed by atoms with Crippen molar-refractivity contribution in [3.05, 3.63) is 59.2 Å². The second kappa shape index (κ2) is 7.50. The summed E-state index contributed by atoms with van der Waals surface area (Å²) in [4.78, 5) is 23.1. The Morgan fingerprint density at radius 1 is 1.00 bits per heavy atom. The molecule has 6 nitrogen and oxygen atoms in total. The molecule has 126 valence electrons. The van der Waals surface area contributed by atoms with Crippen molar-refractivity contribution in [2.45, 2.75) is 12.3 Å². The fourth-order valence-electron chi connectivity index (χ4n) is 2.57. The Balaban J connectivity index is 2.40. The molecule has 6 heteroatoms. The molecule has 0 aromatic heterocycles. The van der Waals surface area contributed by atoms with E-state index >= 15 is 0 Å². The summed E-state index contributed by atoms with van der Waals surface area (Å²) in [5.41, 5.74) is 0.970. The third kappa shape index (κ3) is 3.65. The largest absolute Gasteiger partial charge is 0.493 e. The highest BCUT2D eigenvalue weighted by Crippen LogP contribution is 2.31. The molecule has 1 atom stereocenters. The molecule has 0 aliphatic heterocycles. The Kier molecular flexibility index (Phi) is 5.42. The fourth-order valence-corrected chi connectivity index (χ4v) is 2.57. The molecule has 2 aromatic carbocycles. The van der Waals surface area contributed by atoms with Crippen molar-refractivity contribution in [2.24, 2.45) is 0 Å². The maximum absolute atomic E-state index is 11.7. The van der Waals surface area contributed by atoms with Gasteiger partial charge in [0.2, 0.25) is 0 Å². The first kappa shape index (κ1) is 17.3. The molecule has 0 spiro atoms. The average molecular weight is 330 g/mol. The summed E-state index contributed by atoms with van der Waals surface area (Å²) in [6.45, 7) is 0. The molecule has 0 saturated heterocycles. The number of carbonyl (C=O) groups is 2. The third-order valence-electron chi connectivity index (χ3n) is 3.75. The van der Waals surface area contributed by atoms with Gasteiger partial charge in [-0.15, -0.1) is 0 Å². The molecule has 0 saturated carbocycles. The van der Waals surface area contributed by atoms with Gasteiger partial charge in [0.25, 0.3) is 0 Å². The maximum Gasteiger partial charge on any atom is 0.335 e. The summed E-state index contributed by atoms with van der Waals surface area (Å²) >= 11 is 0. The van der Waals surface area contributed by atoms with Crippen LogP contribution in [0.15, 0.2) is 42.5 Å². The lowest BCUT2D eigenvalue weighted by molar-refractivity contribution is -0.138. The first-order chi connectivity index (χ1) is 11.5. The number of carboxylic acids is 2. The fraction of sp³-hybridized carbons (Fsp3) is 0.222. The number of hydrogen-bond acceptors (Lipinski definition) is 4. The van der Waals surface area contributed by atoms with Crippen molar-refractivity contribution in [2.75, 3.05) is 14.2 Å². The second-order valence-electron chi connectivity index (χ2n) is 5.18. The number of hydrogen-bond donors (Lipinski definition) is 2. The highest BCUT2D eigenvalue weighted by Gasteiger charge is 2.25. The summed E-state index contributed by atoms with van der Waals surface area (Å²) in [5.74, 6) is -2.18. The molecule has 2 N–H and O–H groups in total. The van der Waals surface area contributed by atoms with Crippen LogP contribution in [0.4, 0.5) is 0 Å². The monoisotopic (exact) mass is 330 g/mol. The van der Waals surface area contributed by atoms with Gasteiger partial charge in [-0.25, -0.2) is 4.79 Å². The Morgan fingerprint density at radius 3 is 2.25 bits per heavy atom. The summed E-state index contributed by atoms with van der Waals surface area (Å²) < 4.78 is 10.4. The zero-order valence-corrected chi connectivity index (χ0v) is 13.4. The van der Waals surface area contributed by atoms with E-state index in [9.17, 15) is 19.8 Å². The number of rotatable bonds is 7. The summed E-state index contributed by atoms with van der Waals surface area (Å²) in [5, 5.41) is 18.9. The van der Waals surface area contributed by atoms with Gasteiger partial charge in [0.15, 0.2) is 11.5 Å². The predicted molar refractivity (Wildman–Crippen MR) is 87.0 cm³/mol. The van der Waals surface area contributed by atoms with Gasteiger partial charge >= 0.3 is 11.9 Å². The molecular formula is C18H18O6. The van der Waals surface area contributed by atoms with Gasteiger partial charge in [-0.05, 0) is 35.7 Å². The van der Waals surface area contributed by atoms with E-state index < -0.39 is 17.9 Å². The third-order valence-corrected chi connectivity index (χ3v) is 3.75. The van der Waals surface area contributed by atoms with E-state index in [1.807, 2.05) is 0 Å². The molecule has 2 aromatic rings. The first-order valence-corrected chi connectivity index (χ1v) is 7.23. The Morgan fingerprint density at radius 2 is 1.67 bits per heavy atom. The number of aromatic carboxylic acids is 1. The van der Waals surface area contributed by atoms with Crippen LogP contribution in [0, 0.1) is 0 Å². The van der Waals surface area contributed by atoms with Gasteiger partial charge in [0.1, 0.15) is 0 Å². The Hall–Kier alpha value is -3.02. The van der Waals surface area contributed by atoms with Gasteiger partial charge in [0, 0.05) is 0 Å². The van der Waals surface area contributed by atoms with Crippen LogP contribution < -0.4 is 9.47 Å². The van der Waals surface area contributed by atoms with Crippen molar-refractivity contribution in [1.82, 2.24) is 0 Å². The number of benzene rings is 2. The van der Waals surface area contributed by atoms with E-state index in [4.69, 9.17) is 9.47 Å². The number of ether oxygens (including phenoxy) is 2. The van der Waals surface area contributed by atoms with E-state index in [-0.39, 0.29) is 17.5 Å². The van der Waals surface area contributed by atoms with Crippen LogP contribution in [0.5, 0.6) is 11.5 Å². The number of methoxy groups -OCH3 is 2. The molecule has 0 aliphatic carbocycles. The highest BCUT2D eigenvalue weighted by molar-refractivity contribution is 5.92. The molecule has 1 unspecified atom stereocenters. The lowest BCUT2D eigenvalue weighted by atomic mass is 9.88. The summed E-state index contributed by atoms with van der Waals surface area (Å²) in [7, 11) is 3.01. The number of carboxylic acid groups (broad SMARTS) is 2. The normalized spacial score (nSPS) is 11.6. The van der Waals surface area contributed by atoms with Crippen LogP contribution in [0.2, 0.25) is 0 Å². The van der Waals surface area contributed by atoms with E-state index in [1.165, 1.54) is 26.4 Å². The lowest BCUT2D eigenvalue weighted by Crippen LogP contribution is -2.18. The minimum atomic E-state index is -1.15. The predicted octanol–water partition coefficient (Wildman–Crippen LogP) is 2.81. The van der Waals surface area contributed by atoms with Crippen LogP contribution >= 0.6 is 0 Å². The van der Waals surface area contributed by atoms with Crippen molar-refractivity contribution < 1.29 is 29.3 Å².